The summed E-state index contributed by atoms with van der Waals surface area (Å²) in [5, 5.41) is 0. The van der Waals surface area contributed by atoms with Gasteiger partial charge in [0, 0.05) is 33.4 Å². The van der Waals surface area contributed by atoms with E-state index in [9.17, 15) is 0 Å². The third kappa shape index (κ3) is 5.87. The summed E-state index contributed by atoms with van der Waals surface area (Å²) in [6.45, 7) is 6.64. The maximum atomic E-state index is 6.10. The molecule has 2 nitrogen and oxygen atoms in total. The van der Waals surface area contributed by atoms with E-state index >= 15 is 0 Å². The van der Waals surface area contributed by atoms with Crippen molar-refractivity contribution in [2.75, 3.05) is 5.75 Å². The van der Waals surface area contributed by atoms with Crippen molar-refractivity contribution >= 4 is 27.7 Å². The molecule has 2 N–H and O–H groups in total. The Bertz CT molecular complexity index is 336. The summed E-state index contributed by atoms with van der Waals surface area (Å²) < 4.78 is 1.30. The van der Waals surface area contributed by atoms with Crippen molar-refractivity contribution in [3.8, 4) is 0 Å². The lowest BCUT2D eigenvalue weighted by Crippen LogP contribution is -2.28. The van der Waals surface area contributed by atoms with E-state index in [-0.39, 0.29) is 10.8 Å². The van der Waals surface area contributed by atoms with Crippen LogP contribution in [0.15, 0.2) is 22.9 Å². The summed E-state index contributed by atoms with van der Waals surface area (Å²) in [5.74, 6) is 0.982. The van der Waals surface area contributed by atoms with Gasteiger partial charge in [-0.1, -0.05) is 20.8 Å². The average molecular weight is 303 g/mol. The second-order valence-corrected chi connectivity index (χ2v) is 7.66. The molecule has 0 amide bonds. The lowest BCUT2D eigenvalue weighted by Gasteiger charge is -2.20. The van der Waals surface area contributed by atoms with Crippen LogP contribution in [0.25, 0.3) is 0 Å². The molecule has 16 heavy (non-hydrogen) atoms. The van der Waals surface area contributed by atoms with E-state index in [0.29, 0.717) is 0 Å². The highest BCUT2D eigenvalue weighted by Crippen LogP contribution is 2.24. The summed E-state index contributed by atoms with van der Waals surface area (Å²) in [6.07, 6.45) is 4.56. The fraction of sp³-hybridized carbons (Fsp3) is 0.583. The Labute approximate surface area is 111 Å². The predicted molar refractivity (Wildman–Crippen MR) is 75.8 cm³/mol. The molecule has 90 valence electrons. The van der Waals surface area contributed by atoms with Crippen LogP contribution in [-0.4, -0.2) is 21.5 Å². The Hall–Kier alpha value is -0.0600. The van der Waals surface area contributed by atoms with E-state index in [1.54, 1.807) is 6.20 Å². The Morgan fingerprint density at radius 1 is 1.44 bits per heavy atom. The Morgan fingerprint density at radius 3 is 2.69 bits per heavy atom. The average Bonchev–Trinajstić information content (AvgIpc) is 2.14. The monoisotopic (exact) mass is 302 g/mol. The summed E-state index contributed by atoms with van der Waals surface area (Å²) in [6, 6.07) is 2.27. The van der Waals surface area contributed by atoms with Gasteiger partial charge in [0.25, 0.3) is 0 Å². The van der Waals surface area contributed by atoms with E-state index in [1.807, 2.05) is 18.0 Å². The fourth-order valence-corrected chi connectivity index (χ4v) is 2.53. The van der Waals surface area contributed by atoms with Crippen molar-refractivity contribution in [1.29, 1.82) is 0 Å². The molecule has 0 saturated carbocycles. The van der Waals surface area contributed by atoms with Crippen LogP contribution < -0.4 is 5.73 Å². The highest BCUT2D eigenvalue weighted by molar-refractivity contribution is 9.10. The molecule has 1 heterocycles. The summed E-state index contributed by atoms with van der Waals surface area (Å²) in [5.41, 5.74) is 7.29. The number of thioether (sulfide) groups is 1. The van der Waals surface area contributed by atoms with Crippen molar-refractivity contribution < 1.29 is 0 Å². The third-order valence-electron chi connectivity index (χ3n) is 1.99. The molecule has 0 radical (unpaired) electrons. The first-order valence-electron chi connectivity index (χ1n) is 5.36. The van der Waals surface area contributed by atoms with Crippen molar-refractivity contribution in [3.63, 3.8) is 0 Å². The summed E-state index contributed by atoms with van der Waals surface area (Å²) in [7, 11) is 0. The second kappa shape index (κ2) is 6.03. The van der Waals surface area contributed by atoms with Gasteiger partial charge in [-0.2, -0.15) is 11.8 Å². The minimum absolute atomic E-state index is 0.195. The van der Waals surface area contributed by atoms with Crippen LogP contribution in [0.3, 0.4) is 0 Å². The van der Waals surface area contributed by atoms with Crippen LogP contribution in [0.1, 0.15) is 26.3 Å². The first-order valence-corrected chi connectivity index (χ1v) is 7.13. The number of aromatic nitrogens is 1. The van der Waals surface area contributed by atoms with Crippen molar-refractivity contribution in [1.82, 2.24) is 4.98 Å². The molecule has 0 fully saturated rings. The molecule has 0 bridgehead atoms. The van der Waals surface area contributed by atoms with Gasteiger partial charge < -0.3 is 5.73 Å². The van der Waals surface area contributed by atoms with Gasteiger partial charge in [0.15, 0.2) is 0 Å². The molecule has 0 spiro atoms. The highest BCUT2D eigenvalue weighted by Gasteiger charge is 2.13. The molecular formula is C12H19BrN2S. The second-order valence-electron chi connectivity index (χ2n) is 4.90. The van der Waals surface area contributed by atoms with E-state index < -0.39 is 0 Å². The smallest absolute Gasteiger partial charge is 0.0410 e. The zero-order chi connectivity index (χ0) is 12.2. The lowest BCUT2D eigenvalue weighted by molar-refractivity contribution is 0.732. The Balaban J connectivity index is 2.43. The maximum Gasteiger partial charge on any atom is 0.0410 e. The topological polar surface area (TPSA) is 38.9 Å². The predicted octanol–water partition coefficient (Wildman–Crippen LogP) is 3.25. The van der Waals surface area contributed by atoms with Gasteiger partial charge in [-0.15, -0.1) is 0 Å². The number of pyridine rings is 1. The first kappa shape index (κ1) is 14.0. The standard InChI is InChI=1S/C12H19BrN2S/c1-12(2,3)16-8-11(14)5-9-4-10(13)7-15-6-9/h4,6-7,11H,5,8,14H2,1-3H3. The summed E-state index contributed by atoms with van der Waals surface area (Å²) in [4.78, 5) is 4.14. The van der Waals surface area contributed by atoms with Gasteiger partial charge >= 0.3 is 0 Å². The largest absolute Gasteiger partial charge is 0.327 e. The van der Waals surface area contributed by atoms with Gasteiger partial charge in [-0.3, -0.25) is 4.98 Å². The molecular weight excluding hydrogens is 284 g/mol. The van der Waals surface area contributed by atoms with Gasteiger partial charge in [0.1, 0.15) is 0 Å². The number of nitrogens with zero attached hydrogens (tertiary/aromatic N) is 1. The van der Waals surface area contributed by atoms with E-state index in [2.05, 4.69) is 47.8 Å². The molecule has 4 heteroatoms. The van der Waals surface area contributed by atoms with Crippen LogP contribution in [-0.2, 0) is 6.42 Å². The molecule has 1 aromatic rings. The van der Waals surface area contributed by atoms with E-state index in [1.165, 1.54) is 5.56 Å². The lowest BCUT2D eigenvalue weighted by atomic mass is 10.1. The molecule has 0 aliphatic carbocycles. The number of nitrogens with two attached hydrogens (primary N) is 1. The highest BCUT2D eigenvalue weighted by atomic mass is 79.9. The molecule has 1 aromatic heterocycles. The molecule has 0 aromatic carbocycles. The van der Waals surface area contributed by atoms with Crippen LogP contribution in [0, 0.1) is 0 Å². The molecule has 0 aliphatic heterocycles. The fourth-order valence-electron chi connectivity index (χ4n) is 1.29. The Morgan fingerprint density at radius 2 is 2.12 bits per heavy atom. The van der Waals surface area contributed by atoms with Gasteiger partial charge in [-0.25, -0.2) is 0 Å². The zero-order valence-corrected chi connectivity index (χ0v) is 12.4. The van der Waals surface area contributed by atoms with Crippen LogP contribution in [0.5, 0.6) is 0 Å². The quantitative estimate of drug-likeness (QED) is 0.928. The normalized spacial score (nSPS) is 13.8. The number of hydrogen-bond acceptors (Lipinski definition) is 3. The number of rotatable bonds is 4. The van der Waals surface area contributed by atoms with Crippen molar-refractivity contribution in [2.45, 2.75) is 38.0 Å². The van der Waals surface area contributed by atoms with Gasteiger partial charge in [-0.05, 0) is 34.0 Å². The Kier molecular flexibility index (Phi) is 5.28. The van der Waals surface area contributed by atoms with Crippen molar-refractivity contribution in [3.05, 3.63) is 28.5 Å². The maximum absolute atomic E-state index is 6.10. The van der Waals surface area contributed by atoms with Gasteiger partial charge in [0.05, 0.1) is 0 Å². The molecule has 0 saturated heterocycles. The third-order valence-corrected chi connectivity index (χ3v) is 3.88. The van der Waals surface area contributed by atoms with Crippen LogP contribution >= 0.6 is 27.7 Å². The van der Waals surface area contributed by atoms with E-state index in [0.717, 1.165) is 16.6 Å². The minimum Gasteiger partial charge on any atom is -0.327 e. The SMILES string of the molecule is CC(C)(C)SCC(N)Cc1cncc(Br)c1. The van der Waals surface area contributed by atoms with Gasteiger partial charge in [0.2, 0.25) is 0 Å². The number of halogens is 1. The molecule has 1 unspecified atom stereocenters. The molecule has 1 atom stereocenters. The number of hydrogen-bond donors (Lipinski definition) is 1. The van der Waals surface area contributed by atoms with Crippen LogP contribution in [0.2, 0.25) is 0 Å². The molecule has 0 aliphatic rings. The summed E-state index contributed by atoms with van der Waals surface area (Å²) >= 11 is 5.32. The van der Waals surface area contributed by atoms with E-state index in [4.69, 9.17) is 5.73 Å². The van der Waals surface area contributed by atoms with Crippen LogP contribution in [0.4, 0.5) is 0 Å². The first-order chi connectivity index (χ1) is 7.37. The minimum atomic E-state index is 0.195. The zero-order valence-electron chi connectivity index (χ0n) is 10.0. The van der Waals surface area contributed by atoms with Crippen molar-refractivity contribution in [2.24, 2.45) is 5.73 Å². The molecule has 1 rings (SSSR count).